The third kappa shape index (κ3) is 2.73. The van der Waals surface area contributed by atoms with Crippen molar-refractivity contribution >= 4 is 16.9 Å². The zero-order chi connectivity index (χ0) is 18.3. The van der Waals surface area contributed by atoms with Gasteiger partial charge in [0.2, 0.25) is 0 Å². The lowest BCUT2D eigenvalue weighted by atomic mass is 9.89. The quantitative estimate of drug-likeness (QED) is 0.616. The Bertz CT molecular complexity index is 1050. The molecule has 0 aliphatic rings. The highest BCUT2D eigenvalue weighted by atomic mass is 15.4. The van der Waals surface area contributed by atoms with Gasteiger partial charge in [0.15, 0.2) is 0 Å². The van der Waals surface area contributed by atoms with Crippen LogP contribution >= 0.6 is 0 Å². The first kappa shape index (κ1) is 16.3. The first-order valence-corrected chi connectivity index (χ1v) is 8.66. The number of fused-ring (bicyclic) bond motifs is 1. The van der Waals surface area contributed by atoms with Crippen molar-refractivity contribution in [2.75, 3.05) is 5.73 Å². The summed E-state index contributed by atoms with van der Waals surface area (Å²) < 4.78 is 3.70. The number of rotatable bonds is 3. The molecule has 0 spiro atoms. The minimum atomic E-state index is -0.139. The van der Waals surface area contributed by atoms with E-state index in [2.05, 4.69) is 31.1 Å². The highest BCUT2D eigenvalue weighted by Gasteiger charge is 2.27. The molecule has 2 aromatic heterocycles. The van der Waals surface area contributed by atoms with Crippen LogP contribution in [0.4, 0.5) is 5.82 Å². The first-order valence-electron chi connectivity index (χ1n) is 8.66. The van der Waals surface area contributed by atoms with Crippen LogP contribution in [0.3, 0.4) is 0 Å². The Kier molecular flexibility index (Phi) is 3.76. The van der Waals surface area contributed by atoms with Crippen LogP contribution in [0.5, 0.6) is 0 Å². The highest BCUT2D eigenvalue weighted by molar-refractivity contribution is 5.74. The number of anilines is 1. The maximum atomic E-state index is 6.53. The lowest BCUT2D eigenvalue weighted by Crippen LogP contribution is -2.16. The fraction of sp³-hybridized carbons (Fsp3) is 0.250. The van der Waals surface area contributed by atoms with Gasteiger partial charge < -0.3 is 5.73 Å². The standard InChI is InChI=1S/C20H22N6/c1-20(2,3)18-15(13-25-17-12-8-7-11-16(17)22-24-25)19(21)26(23-18)14-9-5-4-6-10-14/h4-12H,13,21H2,1-3H3. The lowest BCUT2D eigenvalue weighted by Gasteiger charge is -2.17. The van der Waals surface area contributed by atoms with Crippen molar-refractivity contribution in [1.29, 1.82) is 0 Å². The van der Waals surface area contributed by atoms with Gasteiger partial charge in [0, 0.05) is 11.0 Å². The van der Waals surface area contributed by atoms with Gasteiger partial charge in [-0.15, -0.1) is 5.10 Å². The van der Waals surface area contributed by atoms with Gasteiger partial charge in [0.25, 0.3) is 0 Å². The summed E-state index contributed by atoms with van der Waals surface area (Å²) in [5.74, 6) is 0.640. The van der Waals surface area contributed by atoms with Gasteiger partial charge in [-0.25, -0.2) is 9.36 Å². The molecule has 2 N–H and O–H groups in total. The Balaban J connectivity index is 1.86. The molecule has 4 aromatic rings. The Hall–Kier alpha value is -3.15. The Morgan fingerprint density at radius 2 is 1.65 bits per heavy atom. The monoisotopic (exact) mass is 346 g/mol. The number of nitrogens with two attached hydrogens (primary N) is 1. The van der Waals surface area contributed by atoms with Gasteiger partial charge >= 0.3 is 0 Å². The molecular weight excluding hydrogens is 324 g/mol. The normalized spacial score (nSPS) is 12.0. The third-order valence-electron chi connectivity index (χ3n) is 4.46. The predicted molar refractivity (Wildman–Crippen MR) is 103 cm³/mol. The highest BCUT2D eigenvalue weighted by Crippen LogP contribution is 2.31. The molecule has 0 saturated heterocycles. The molecule has 0 saturated carbocycles. The molecule has 2 heterocycles. The van der Waals surface area contributed by atoms with Crippen molar-refractivity contribution in [2.45, 2.75) is 32.7 Å². The fourth-order valence-electron chi connectivity index (χ4n) is 3.17. The second kappa shape index (κ2) is 5.98. The van der Waals surface area contributed by atoms with Gasteiger partial charge in [-0.1, -0.05) is 56.3 Å². The number of benzene rings is 2. The smallest absolute Gasteiger partial charge is 0.132 e. The SMILES string of the molecule is CC(C)(C)c1nn(-c2ccccc2)c(N)c1Cn1nnc2ccccc21. The molecule has 0 radical (unpaired) electrons. The maximum Gasteiger partial charge on any atom is 0.132 e. The maximum absolute atomic E-state index is 6.53. The topological polar surface area (TPSA) is 74.6 Å². The second-order valence-corrected chi connectivity index (χ2v) is 7.45. The third-order valence-corrected chi connectivity index (χ3v) is 4.46. The van der Waals surface area contributed by atoms with Crippen molar-refractivity contribution in [3.05, 3.63) is 65.9 Å². The molecule has 26 heavy (non-hydrogen) atoms. The summed E-state index contributed by atoms with van der Waals surface area (Å²) in [6.45, 7) is 6.97. The Morgan fingerprint density at radius 3 is 2.38 bits per heavy atom. The van der Waals surface area contributed by atoms with Gasteiger partial charge in [-0.05, 0) is 24.3 Å². The minimum absolute atomic E-state index is 0.139. The lowest BCUT2D eigenvalue weighted by molar-refractivity contribution is 0.547. The number of aromatic nitrogens is 5. The van der Waals surface area contributed by atoms with Crippen LogP contribution in [0.1, 0.15) is 32.0 Å². The molecule has 0 bridgehead atoms. The fourth-order valence-corrected chi connectivity index (χ4v) is 3.17. The molecule has 6 heteroatoms. The van der Waals surface area contributed by atoms with Crippen molar-refractivity contribution in [2.24, 2.45) is 0 Å². The van der Waals surface area contributed by atoms with E-state index in [0.717, 1.165) is 28.0 Å². The molecule has 4 rings (SSSR count). The molecule has 0 amide bonds. The second-order valence-electron chi connectivity index (χ2n) is 7.45. The number of nitrogens with zero attached hydrogens (tertiary/aromatic N) is 5. The van der Waals surface area contributed by atoms with Crippen LogP contribution in [0.15, 0.2) is 54.6 Å². The Morgan fingerprint density at radius 1 is 0.962 bits per heavy atom. The van der Waals surface area contributed by atoms with E-state index in [0.29, 0.717) is 12.4 Å². The van der Waals surface area contributed by atoms with Crippen LogP contribution in [0.25, 0.3) is 16.7 Å². The zero-order valence-electron chi connectivity index (χ0n) is 15.2. The average Bonchev–Trinajstić information content (AvgIpc) is 3.18. The Labute approximate surface area is 152 Å². The number of para-hydroxylation sites is 2. The summed E-state index contributed by atoms with van der Waals surface area (Å²) in [6.07, 6.45) is 0. The van der Waals surface area contributed by atoms with E-state index in [1.165, 1.54) is 0 Å². The predicted octanol–water partition coefficient (Wildman–Crippen LogP) is 3.55. The summed E-state index contributed by atoms with van der Waals surface area (Å²) in [5, 5.41) is 13.4. The average molecular weight is 346 g/mol. The molecule has 132 valence electrons. The van der Waals surface area contributed by atoms with Crippen molar-refractivity contribution in [1.82, 2.24) is 24.8 Å². The summed E-state index contributed by atoms with van der Waals surface area (Å²) in [4.78, 5) is 0. The van der Waals surface area contributed by atoms with Gasteiger partial charge in [-0.3, -0.25) is 0 Å². The zero-order valence-corrected chi connectivity index (χ0v) is 15.2. The van der Waals surface area contributed by atoms with E-state index in [1.807, 2.05) is 64.0 Å². The van der Waals surface area contributed by atoms with Gasteiger partial charge in [0.1, 0.15) is 11.3 Å². The number of nitrogen functional groups attached to an aromatic ring is 1. The van der Waals surface area contributed by atoms with Crippen LogP contribution < -0.4 is 5.73 Å². The van der Waals surface area contributed by atoms with E-state index in [1.54, 1.807) is 0 Å². The molecule has 0 atom stereocenters. The van der Waals surface area contributed by atoms with Gasteiger partial charge in [-0.2, -0.15) is 5.10 Å². The van der Waals surface area contributed by atoms with Gasteiger partial charge in [0.05, 0.1) is 23.4 Å². The molecule has 0 unspecified atom stereocenters. The van der Waals surface area contributed by atoms with E-state index < -0.39 is 0 Å². The van der Waals surface area contributed by atoms with Crippen molar-refractivity contribution in [3.8, 4) is 5.69 Å². The molecule has 6 nitrogen and oxygen atoms in total. The van der Waals surface area contributed by atoms with E-state index in [9.17, 15) is 0 Å². The van der Waals surface area contributed by atoms with Crippen LogP contribution in [-0.4, -0.2) is 24.8 Å². The van der Waals surface area contributed by atoms with E-state index in [4.69, 9.17) is 10.8 Å². The van der Waals surface area contributed by atoms with E-state index in [-0.39, 0.29) is 5.41 Å². The van der Waals surface area contributed by atoms with Crippen molar-refractivity contribution in [3.63, 3.8) is 0 Å². The molecule has 0 aliphatic heterocycles. The molecular formula is C20H22N6. The number of hydrogen-bond donors (Lipinski definition) is 1. The summed E-state index contributed by atoms with van der Waals surface area (Å²) in [5.41, 5.74) is 11.2. The van der Waals surface area contributed by atoms with Crippen LogP contribution in [0.2, 0.25) is 0 Å². The minimum Gasteiger partial charge on any atom is -0.383 e. The summed E-state index contributed by atoms with van der Waals surface area (Å²) in [7, 11) is 0. The van der Waals surface area contributed by atoms with Crippen LogP contribution in [0, 0.1) is 0 Å². The number of hydrogen-bond acceptors (Lipinski definition) is 4. The summed E-state index contributed by atoms with van der Waals surface area (Å²) in [6, 6.07) is 17.9. The molecule has 0 fully saturated rings. The van der Waals surface area contributed by atoms with Crippen LogP contribution in [-0.2, 0) is 12.0 Å². The first-order chi connectivity index (χ1) is 12.4. The van der Waals surface area contributed by atoms with Crippen molar-refractivity contribution < 1.29 is 0 Å². The largest absolute Gasteiger partial charge is 0.383 e. The molecule has 2 aromatic carbocycles. The summed E-state index contributed by atoms with van der Waals surface area (Å²) >= 11 is 0. The van der Waals surface area contributed by atoms with E-state index >= 15 is 0 Å². The molecule has 0 aliphatic carbocycles.